The summed E-state index contributed by atoms with van der Waals surface area (Å²) < 4.78 is 29.9. The fourth-order valence-electron chi connectivity index (χ4n) is 3.82. The van der Waals surface area contributed by atoms with Crippen LogP contribution in [-0.4, -0.2) is 20.0 Å². The number of Topliss-reactive ketones (excluding diaryl/α,β-unsaturated/α-hetero) is 1. The predicted molar refractivity (Wildman–Crippen MR) is 140 cm³/mol. The zero-order chi connectivity index (χ0) is 25.9. The molecule has 0 unspecified atom stereocenters. The van der Waals surface area contributed by atoms with Gasteiger partial charge in [0.1, 0.15) is 17.3 Å². The van der Waals surface area contributed by atoms with Gasteiger partial charge < -0.3 is 10.5 Å². The quantitative estimate of drug-likeness (QED) is 0.182. The number of amidine groups is 1. The summed E-state index contributed by atoms with van der Waals surface area (Å²) in [5.74, 6) is 0.880. The summed E-state index contributed by atoms with van der Waals surface area (Å²) in [6.45, 7) is 1.93. The van der Waals surface area contributed by atoms with Crippen molar-refractivity contribution in [3.8, 4) is 22.6 Å². The van der Waals surface area contributed by atoms with Gasteiger partial charge in [0, 0.05) is 28.7 Å². The van der Waals surface area contributed by atoms with E-state index < -0.39 is 10.0 Å². The van der Waals surface area contributed by atoms with Crippen LogP contribution in [0.15, 0.2) is 95.9 Å². The Labute approximate surface area is 209 Å². The van der Waals surface area contributed by atoms with E-state index in [1.807, 2.05) is 25.1 Å². The third kappa shape index (κ3) is 5.68. The molecule has 182 valence electrons. The number of nitrogens with two attached hydrogens (primary N) is 2. The van der Waals surface area contributed by atoms with Crippen LogP contribution in [-0.2, 0) is 16.4 Å². The van der Waals surface area contributed by atoms with E-state index in [-0.39, 0.29) is 22.9 Å². The van der Waals surface area contributed by atoms with E-state index in [1.54, 1.807) is 66.7 Å². The van der Waals surface area contributed by atoms with Crippen LogP contribution in [0.2, 0.25) is 0 Å². The molecule has 0 aliphatic carbocycles. The van der Waals surface area contributed by atoms with Crippen LogP contribution >= 0.6 is 0 Å². The standard InChI is InChI=1S/C28H25N3O4S/c1-18-9-10-21(26(15-18)35-23-6-4-5-22(16-23)28(29)30)17-25(32)20-13-11-19(12-14-20)24-7-2-3-8-27(24)36(31,33)34/h2-16H,17H2,1H3,(H3,29,30)(H2,31,33,34). The monoisotopic (exact) mass is 499 g/mol. The first-order valence-corrected chi connectivity index (χ1v) is 12.6. The Morgan fingerprint density at radius 3 is 2.31 bits per heavy atom. The molecule has 0 heterocycles. The molecule has 0 bridgehead atoms. The second-order valence-corrected chi connectivity index (χ2v) is 9.90. The lowest BCUT2D eigenvalue weighted by atomic mass is 9.98. The van der Waals surface area contributed by atoms with Gasteiger partial charge in [0.25, 0.3) is 0 Å². The van der Waals surface area contributed by atoms with Crippen LogP contribution in [0.25, 0.3) is 11.1 Å². The van der Waals surface area contributed by atoms with Crippen molar-refractivity contribution >= 4 is 21.6 Å². The average Bonchev–Trinajstić information content (AvgIpc) is 2.85. The van der Waals surface area contributed by atoms with Gasteiger partial charge in [-0.25, -0.2) is 13.6 Å². The molecule has 7 nitrogen and oxygen atoms in total. The Balaban J connectivity index is 1.58. The highest BCUT2D eigenvalue weighted by Crippen LogP contribution is 2.30. The summed E-state index contributed by atoms with van der Waals surface area (Å²) >= 11 is 0. The van der Waals surface area contributed by atoms with Gasteiger partial charge in [-0.1, -0.05) is 66.7 Å². The van der Waals surface area contributed by atoms with Gasteiger partial charge in [-0.3, -0.25) is 10.2 Å². The van der Waals surface area contributed by atoms with Crippen molar-refractivity contribution in [2.24, 2.45) is 10.9 Å². The Morgan fingerprint density at radius 1 is 0.889 bits per heavy atom. The highest BCUT2D eigenvalue weighted by atomic mass is 32.2. The summed E-state index contributed by atoms with van der Waals surface area (Å²) in [5, 5.41) is 13.0. The molecular formula is C28H25N3O4S. The van der Waals surface area contributed by atoms with Gasteiger partial charge in [0.05, 0.1) is 4.90 Å². The van der Waals surface area contributed by atoms with E-state index in [0.717, 1.165) is 5.56 Å². The molecule has 36 heavy (non-hydrogen) atoms. The molecule has 0 radical (unpaired) electrons. The SMILES string of the molecule is Cc1ccc(CC(=O)c2ccc(-c3ccccc3S(N)(=O)=O)cc2)c(Oc2cccc(C(=N)N)c2)c1. The number of rotatable bonds is 8. The average molecular weight is 500 g/mol. The Bertz CT molecular complexity index is 1560. The molecule has 0 spiro atoms. The summed E-state index contributed by atoms with van der Waals surface area (Å²) in [7, 11) is -3.89. The van der Waals surface area contributed by atoms with E-state index in [0.29, 0.717) is 39.3 Å². The summed E-state index contributed by atoms with van der Waals surface area (Å²) in [6.07, 6.45) is 0.106. The van der Waals surface area contributed by atoms with Crippen LogP contribution in [0.1, 0.15) is 27.0 Å². The van der Waals surface area contributed by atoms with Crippen LogP contribution in [0.4, 0.5) is 0 Å². The summed E-state index contributed by atoms with van der Waals surface area (Å²) in [4.78, 5) is 13.1. The van der Waals surface area contributed by atoms with Gasteiger partial charge in [-0.2, -0.15) is 0 Å². The van der Waals surface area contributed by atoms with Crippen molar-refractivity contribution in [3.05, 3.63) is 113 Å². The number of ether oxygens (including phenoxy) is 1. The van der Waals surface area contributed by atoms with Gasteiger partial charge in [0.15, 0.2) is 5.78 Å². The predicted octanol–water partition coefficient (Wildman–Crippen LogP) is 4.81. The number of hydrogen-bond acceptors (Lipinski definition) is 5. The molecular weight excluding hydrogens is 474 g/mol. The van der Waals surface area contributed by atoms with Crippen molar-refractivity contribution < 1.29 is 17.9 Å². The smallest absolute Gasteiger partial charge is 0.238 e. The second kappa shape index (κ2) is 10.2. The molecule has 8 heteroatoms. The largest absolute Gasteiger partial charge is 0.457 e. The number of nitrogens with one attached hydrogen (secondary N) is 1. The van der Waals surface area contributed by atoms with Crippen molar-refractivity contribution in [2.45, 2.75) is 18.2 Å². The fourth-order valence-corrected chi connectivity index (χ4v) is 4.58. The molecule has 0 fully saturated rings. The molecule has 0 saturated heterocycles. The zero-order valence-corrected chi connectivity index (χ0v) is 20.4. The van der Waals surface area contributed by atoms with Crippen molar-refractivity contribution in [1.82, 2.24) is 0 Å². The van der Waals surface area contributed by atoms with E-state index >= 15 is 0 Å². The van der Waals surface area contributed by atoms with Crippen molar-refractivity contribution in [1.29, 1.82) is 5.41 Å². The van der Waals surface area contributed by atoms with Gasteiger partial charge >= 0.3 is 0 Å². The first kappa shape index (κ1) is 24.8. The normalized spacial score (nSPS) is 11.2. The van der Waals surface area contributed by atoms with E-state index in [2.05, 4.69) is 0 Å². The third-order valence-electron chi connectivity index (χ3n) is 5.66. The number of carbonyl (C=O) groups excluding carboxylic acids is 1. The molecule has 0 amide bonds. The Kier molecular flexibility index (Phi) is 7.00. The molecule has 5 N–H and O–H groups in total. The van der Waals surface area contributed by atoms with Crippen LogP contribution in [0, 0.1) is 12.3 Å². The third-order valence-corrected chi connectivity index (χ3v) is 6.63. The van der Waals surface area contributed by atoms with Crippen molar-refractivity contribution in [3.63, 3.8) is 0 Å². The van der Waals surface area contributed by atoms with E-state index in [4.69, 9.17) is 21.0 Å². The minimum Gasteiger partial charge on any atom is -0.457 e. The number of primary sulfonamides is 1. The summed E-state index contributed by atoms with van der Waals surface area (Å²) in [5.41, 5.74) is 9.41. The van der Waals surface area contributed by atoms with Gasteiger partial charge in [-0.05, 0) is 42.3 Å². The maximum atomic E-state index is 13.1. The minimum absolute atomic E-state index is 0.0272. The Morgan fingerprint density at radius 2 is 1.61 bits per heavy atom. The lowest BCUT2D eigenvalue weighted by Crippen LogP contribution is -2.13. The Hall–Kier alpha value is -4.27. The van der Waals surface area contributed by atoms with Gasteiger partial charge in [0.2, 0.25) is 10.0 Å². The molecule has 0 atom stereocenters. The first-order valence-electron chi connectivity index (χ1n) is 11.1. The number of sulfonamides is 1. The molecule has 0 aliphatic rings. The topological polar surface area (TPSA) is 136 Å². The first-order chi connectivity index (χ1) is 17.1. The van der Waals surface area contributed by atoms with Crippen molar-refractivity contribution in [2.75, 3.05) is 0 Å². The van der Waals surface area contributed by atoms with Crippen LogP contribution < -0.4 is 15.6 Å². The molecule has 0 aromatic heterocycles. The highest BCUT2D eigenvalue weighted by Gasteiger charge is 2.16. The number of ketones is 1. The maximum absolute atomic E-state index is 13.1. The maximum Gasteiger partial charge on any atom is 0.238 e. The molecule has 4 rings (SSSR count). The second-order valence-electron chi connectivity index (χ2n) is 8.37. The summed E-state index contributed by atoms with van der Waals surface area (Å²) in [6, 6.07) is 25.8. The van der Waals surface area contributed by atoms with Crippen LogP contribution in [0.3, 0.4) is 0 Å². The van der Waals surface area contributed by atoms with E-state index in [1.165, 1.54) is 6.07 Å². The van der Waals surface area contributed by atoms with Crippen LogP contribution in [0.5, 0.6) is 11.5 Å². The number of carbonyl (C=O) groups is 1. The number of aryl methyl sites for hydroxylation is 1. The minimum atomic E-state index is -3.89. The molecule has 4 aromatic carbocycles. The number of nitrogen functional groups attached to an aromatic ring is 1. The number of benzene rings is 4. The molecule has 4 aromatic rings. The lowest BCUT2D eigenvalue weighted by Gasteiger charge is -2.13. The van der Waals surface area contributed by atoms with E-state index in [9.17, 15) is 13.2 Å². The number of hydrogen-bond donors (Lipinski definition) is 3. The molecule has 0 saturated carbocycles. The zero-order valence-electron chi connectivity index (χ0n) is 19.6. The highest BCUT2D eigenvalue weighted by molar-refractivity contribution is 7.89. The lowest BCUT2D eigenvalue weighted by molar-refractivity contribution is 0.0992. The fraction of sp³-hybridized carbons (Fsp3) is 0.0714. The van der Waals surface area contributed by atoms with Gasteiger partial charge in [-0.15, -0.1) is 0 Å². The molecule has 0 aliphatic heterocycles.